The van der Waals surface area contributed by atoms with E-state index in [0.717, 1.165) is 16.5 Å². The molecule has 0 unspecified atom stereocenters. The van der Waals surface area contributed by atoms with E-state index in [-0.39, 0.29) is 5.78 Å². The van der Waals surface area contributed by atoms with Crippen LogP contribution in [-0.4, -0.2) is 10.8 Å². The quantitative estimate of drug-likeness (QED) is 0.668. The number of rotatable bonds is 3. The zero-order chi connectivity index (χ0) is 13.9. The molecule has 0 aliphatic heterocycles. The molecule has 0 radical (unpaired) electrons. The highest BCUT2D eigenvalue weighted by molar-refractivity contribution is 6.00. The molecule has 0 spiro atoms. The lowest BCUT2D eigenvalue weighted by atomic mass is 9.98. The van der Waals surface area contributed by atoms with Crippen molar-refractivity contribution in [3.63, 3.8) is 0 Å². The van der Waals surface area contributed by atoms with Crippen molar-refractivity contribution in [1.29, 1.82) is 0 Å². The molecule has 0 amide bonds. The van der Waals surface area contributed by atoms with Crippen molar-refractivity contribution in [2.24, 2.45) is 0 Å². The second-order valence-electron chi connectivity index (χ2n) is 4.99. The van der Waals surface area contributed by atoms with Crippen LogP contribution < -0.4 is 0 Å². The lowest BCUT2D eigenvalue weighted by Gasteiger charge is -2.06. The Hall–Kier alpha value is -2.48. The summed E-state index contributed by atoms with van der Waals surface area (Å²) in [5.74, 6) is 0.109. The molecule has 3 rings (SSSR count). The second-order valence-corrected chi connectivity index (χ2v) is 4.99. The molecular weight excluding hydrogens is 246 g/mol. The number of hydrogen-bond donors (Lipinski definition) is 0. The number of benzene rings is 2. The van der Waals surface area contributed by atoms with Gasteiger partial charge < -0.3 is 0 Å². The van der Waals surface area contributed by atoms with Gasteiger partial charge in [0.15, 0.2) is 5.78 Å². The third-order valence-corrected chi connectivity index (χ3v) is 3.43. The Morgan fingerprint density at radius 3 is 2.70 bits per heavy atom. The third-order valence-electron chi connectivity index (χ3n) is 3.43. The number of nitrogens with zero attached hydrogens (tertiary/aromatic N) is 1. The van der Waals surface area contributed by atoms with Crippen molar-refractivity contribution in [2.45, 2.75) is 13.3 Å². The van der Waals surface area contributed by atoms with Crippen LogP contribution in [0.4, 0.5) is 0 Å². The van der Waals surface area contributed by atoms with E-state index in [0.29, 0.717) is 12.0 Å². The Morgan fingerprint density at radius 2 is 1.85 bits per heavy atom. The highest BCUT2D eigenvalue weighted by Crippen LogP contribution is 2.20. The fourth-order valence-corrected chi connectivity index (χ4v) is 2.43. The zero-order valence-electron chi connectivity index (χ0n) is 11.3. The largest absolute Gasteiger partial charge is 0.294 e. The molecule has 0 aliphatic carbocycles. The van der Waals surface area contributed by atoms with Gasteiger partial charge in [0.1, 0.15) is 0 Å². The van der Waals surface area contributed by atoms with E-state index in [1.54, 1.807) is 12.4 Å². The van der Waals surface area contributed by atoms with E-state index in [1.807, 2.05) is 37.3 Å². The standard InChI is InChI=1S/C18H15NO/c1-13-9-16(12-19-11-13)18(20)10-15-7-4-6-14-5-2-3-8-17(14)15/h2-9,11-12H,10H2,1H3. The Labute approximate surface area is 118 Å². The summed E-state index contributed by atoms with van der Waals surface area (Å²) in [5, 5.41) is 2.31. The predicted octanol–water partition coefficient (Wildman–Crippen LogP) is 3.97. The van der Waals surface area contributed by atoms with Crippen LogP contribution >= 0.6 is 0 Å². The van der Waals surface area contributed by atoms with Crippen LogP contribution in [0.3, 0.4) is 0 Å². The van der Waals surface area contributed by atoms with Gasteiger partial charge in [-0.1, -0.05) is 42.5 Å². The topological polar surface area (TPSA) is 30.0 Å². The number of carbonyl (C=O) groups is 1. The lowest BCUT2D eigenvalue weighted by Crippen LogP contribution is -2.04. The maximum atomic E-state index is 12.4. The van der Waals surface area contributed by atoms with Crippen molar-refractivity contribution < 1.29 is 4.79 Å². The summed E-state index contributed by atoms with van der Waals surface area (Å²) in [7, 11) is 0. The second kappa shape index (κ2) is 5.25. The number of aromatic nitrogens is 1. The van der Waals surface area contributed by atoms with E-state index in [2.05, 4.69) is 23.2 Å². The SMILES string of the molecule is Cc1cncc(C(=O)Cc2cccc3ccccc23)c1. The van der Waals surface area contributed by atoms with E-state index in [4.69, 9.17) is 0 Å². The first-order chi connectivity index (χ1) is 9.74. The summed E-state index contributed by atoms with van der Waals surface area (Å²) < 4.78 is 0. The molecule has 0 fully saturated rings. The Morgan fingerprint density at radius 1 is 1.05 bits per heavy atom. The molecule has 2 heteroatoms. The molecule has 3 aromatic rings. The number of fused-ring (bicyclic) bond motifs is 1. The maximum absolute atomic E-state index is 12.4. The molecular formula is C18H15NO. The first kappa shape index (κ1) is 12.5. The van der Waals surface area contributed by atoms with Crippen molar-refractivity contribution in [2.75, 3.05) is 0 Å². The van der Waals surface area contributed by atoms with Crippen LogP contribution in [0.5, 0.6) is 0 Å². The first-order valence-electron chi connectivity index (χ1n) is 6.65. The van der Waals surface area contributed by atoms with E-state index in [1.165, 1.54) is 5.39 Å². The van der Waals surface area contributed by atoms with Gasteiger partial charge in [-0.15, -0.1) is 0 Å². The Bertz CT molecular complexity index is 772. The first-order valence-corrected chi connectivity index (χ1v) is 6.65. The molecule has 20 heavy (non-hydrogen) atoms. The molecule has 1 aromatic heterocycles. The maximum Gasteiger partial charge on any atom is 0.168 e. The van der Waals surface area contributed by atoms with Crippen LogP contribution in [0.15, 0.2) is 60.9 Å². The molecule has 0 N–H and O–H groups in total. The summed E-state index contributed by atoms with van der Waals surface area (Å²) in [6, 6.07) is 16.1. The normalized spacial score (nSPS) is 10.7. The molecule has 2 aromatic carbocycles. The van der Waals surface area contributed by atoms with Crippen LogP contribution in [-0.2, 0) is 6.42 Å². The number of carbonyl (C=O) groups excluding carboxylic acids is 1. The van der Waals surface area contributed by atoms with Gasteiger partial charge in [-0.2, -0.15) is 0 Å². The highest BCUT2D eigenvalue weighted by atomic mass is 16.1. The number of pyridine rings is 1. The molecule has 1 heterocycles. The summed E-state index contributed by atoms with van der Waals surface area (Å²) in [6.07, 6.45) is 3.81. The van der Waals surface area contributed by atoms with E-state index < -0.39 is 0 Å². The molecule has 0 aliphatic rings. The number of hydrogen-bond acceptors (Lipinski definition) is 2. The smallest absolute Gasteiger partial charge is 0.168 e. The van der Waals surface area contributed by atoms with Gasteiger partial charge in [0.05, 0.1) is 0 Å². The van der Waals surface area contributed by atoms with Crippen LogP contribution in [0, 0.1) is 6.92 Å². The zero-order valence-corrected chi connectivity index (χ0v) is 11.3. The Balaban J connectivity index is 1.95. The summed E-state index contributed by atoms with van der Waals surface area (Å²) in [5.41, 5.74) is 2.75. The average molecular weight is 261 g/mol. The average Bonchev–Trinajstić information content (AvgIpc) is 2.47. The summed E-state index contributed by atoms with van der Waals surface area (Å²) in [6.45, 7) is 1.95. The summed E-state index contributed by atoms with van der Waals surface area (Å²) >= 11 is 0. The van der Waals surface area contributed by atoms with Gasteiger partial charge in [0.25, 0.3) is 0 Å². The van der Waals surface area contributed by atoms with Crippen LogP contribution in [0.25, 0.3) is 10.8 Å². The van der Waals surface area contributed by atoms with Gasteiger partial charge in [0.2, 0.25) is 0 Å². The van der Waals surface area contributed by atoms with Gasteiger partial charge in [-0.3, -0.25) is 9.78 Å². The van der Waals surface area contributed by atoms with Crippen LogP contribution in [0.2, 0.25) is 0 Å². The highest BCUT2D eigenvalue weighted by Gasteiger charge is 2.09. The monoisotopic (exact) mass is 261 g/mol. The van der Waals surface area contributed by atoms with Crippen molar-refractivity contribution in [3.05, 3.63) is 77.6 Å². The minimum Gasteiger partial charge on any atom is -0.294 e. The van der Waals surface area contributed by atoms with Gasteiger partial charge in [-0.05, 0) is 34.9 Å². The predicted molar refractivity (Wildman–Crippen MR) is 81.0 cm³/mol. The third kappa shape index (κ3) is 2.45. The van der Waals surface area contributed by atoms with E-state index in [9.17, 15) is 4.79 Å². The molecule has 2 nitrogen and oxygen atoms in total. The van der Waals surface area contributed by atoms with Crippen molar-refractivity contribution in [1.82, 2.24) is 4.98 Å². The molecule has 0 bridgehead atoms. The fraction of sp³-hybridized carbons (Fsp3) is 0.111. The van der Waals surface area contributed by atoms with Crippen molar-refractivity contribution in [3.8, 4) is 0 Å². The number of Topliss-reactive ketones (excluding diaryl/α,β-unsaturated/α-hetero) is 1. The Kier molecular flexibility index (Phi) is 3.30. The molecule has 0 saturated carbocycles. The lowest BCUT2D eigenvalue weighted by molar-refractivity contribution is 0.0993. The molecule has 0 saturated heterocycles. The van der Waals surface area contributed by atoms with Crippen LogP contribution in [0.1, 0.15) is 21.5 Å². The fourth-order valence-electron chi connectivity index (χ4n) is 2.43. The minimum atomic E-state index is 0.109. The van der Waals surface area contributed by atoms with Gasteiger partial charge in [-0.25, -0.2) is 0 Å². The number of aryl methyl sites for hydroxylation is 1. The van der Waals surface area contributed by atoms with Gasteiger partial charge >= 0.3 is 0 Å². The number of ketones is 1. The van der Waals surface area contributed by atoms with Crippen molar-refractivity contribution >= 4 is 16.6 Å². The summed E-state index contributed by atoms with van der Waals surface area (Å²) in [4.78, 5) is 16.5. The molecule has 98 valence electrons. The molecule has 0 atom stereocenters. The minimum absolute atomic E-state index is 0.109. The van der Waals surface area contributed by atoms with E-state index >= 15 is 0 Å². The van der Waals surface area contributed by atoms with Gasteiger partial charge in [0, 0.05) is 24.4 Å².